The van der Waals surface area contributed by atoms with Crippen molar-refractivity contribution in [3.8, 4) is 5.75 Å². The zero-order valence-corrected chi connectivity index (χ0v) is 12.0. The number of primary sulfonamides is 1. The number of nitrogen functional groups attached to an aromatic ring is 1. The Kier molecular flexibility index (Phi) is 5.44. The highest BCUT2D eigenvalue weighted by Crippen LogP contribution is 2.29. The summed E-state index contributed by atoms with van der Waals surface area (Å²) in [6, 6.07) is 5.44. The molecule has 108 valence electrons. The normalized spacial score (nSPS) is 11.6. The summed E-state index contributed by atoms with van der Waals surface area (Å²) in [5.74, 6) is 0.564. The predicted octanol–water partition coefficient (Wildman–Crippen LogP) is 1.15. The lowest BCUT2D eigenvalue weighted by Gasteiger charge is -2.15. The molecule has 0 heterocycles. The third-order valence-electron chi connectivity index (χ3n) is 2.35. The standard InChI is InChI=1S/C12H21N3O3S/c1-9(2)18-11-6-3-5-10(12(11)13)15-7-4-8-19(14,16)17/h3,5-6,9,15H,4,7-8,13H2,1-2H3,(H2,14,16,17). The molecule has 0 saturated heterocycles. The third-order valence-corrected chi connectivity index (χ3v) is 3.21. The maximum absolute atomic E-state index is 10.8. The van der Waals surface area contributed by atoms with Gasteiger partial charge in [0.1, 0.15) is 5.75 Å². The molecule has 0 aromatic heterocycles. The number of hydrogen-bond donors (Lipinski definition) is 3. The van der Waals surface area contributed by atoms with Gasteiger partial charge >= 0.3 is 0 Å². The van der Waals surface area contributed by atoms with Gasteiger partial charge in [-0.05, 0) is 32.4 Å². The van der Waals surface area contributed by atoms with E-state index in [1.165, 1.54) is 0 Å². The highest BCUT2D eigenvalue weighted by atomic mass is 32.2. The van der Waals surface area contributed by atoms with E-state index in [4.69, 9.17) is 15.6 Å². The van der Waals surface area contributed by atoms with Crippen molar-refractivity contribution in [1.29, 1.82) is 0 Å². The Morgan fingerprint density at radius 2 is 2.05 bits per heavy atom. The van der Waals surface area contributed by atoms with Gasteiger partial charge in [0.05, 0.1) is 23.2 Å². The van der Waals surface area contributed by atoms with E-state index in [0.29, 0.717) is 24.4 Å². The molecular weight excluding hydrogens is 266 g/mol. The molecule has 0 atom stereocenters. The van der Waals surface area contributed by atoms with Gasteiger partial charge < -0.3 is 15.8 Å². The SMILES string of the molecule is CC(C)Oc1cccc(NCCCS(N)(=O)=O)c1N. The van der Waals surface area contributed by atoms with Crippen molar-refractivity contribution < 1.29 is 13.2 Å². The minimum atomic E-state index is -3.41. The molecule has 1 aromatic carbocycles. The smallest absolute Gasteiger partial charge is 0.209 e. The van der Waals surface area contributed by atoms with Crippen LogP contribution in [0.1, 0.15) is 20.3 Å². The van der Waals surface area contributed by atoms with Crippen molar-refractivity contribution in [2.75, 3.05) is 23.3 Å². The summed E-state index contributed by atoms with van der Waals surface area (Å²) in [7, 11) is -3.41. The number of hydrogen-bond acceptors (Lipinski definition) is 5. The number of para-hydroxylation sites is 1. The molecular formula is C12H21N3O3S. The van der Waals surface area contributed by atoms with Crippen LogP contribution < -0.4 is 20.9 Å². The van der Waals surface area contributed by atoms with Gasteiger partial charge in [-0.1, -0.05) is 6.07 Å². The van der Waals surface area contributed by atoms with E-state index in [9.17, 15) is 8.42 Å². The first-order valence-corrected chi connectivity index (χ1v) is 7.80. The van der Waals surface area contributed by atoms with Crippen LogP contribution in [-0.4, -0.2) is 26.8 Å². The van der Waals surface area contributed by atoms with Gasteiger partial charge in [0.15, 0.2) is 0 Å². The van der Waals surface area contributed by atoms with Crippen molar-refractivity contribution in [1.82, 2.24) is 0 Å². The predicted molar refractivity (Wildman–Crippen MR) is 77.7 cm³/mol. The topological polar surface area (TPSA) is 107 Å². The van der Waals surface area contributed by atoms with E-state index in [1.54, 1.807) is 6.07 Å². The minimum absolute atomic E-state index is 0.0416. The van der Waals surface area contributed by atoms with Gasteiger partial charge in [0, 0.05) is 6.54 Å². The number of anilines is 2. The highest BCUT2D eigenvalue weighted by molar-refractivity contribution is 7.89. The Morgan fingerprint density at radius 3 is 2.63 bits per heavy atom. The van der Waals surface area contributed by atoms with Crippen LogP contribution in [-0.2, 0) is 10.0 Å². The van der Waals surface area contributed by atoms with E-state index in [1.807, 2.05) is 26.0 Å². The second-order valence-electron chi connectivity index (χ2n) is 4.53. The maximum Gasteiger partial charge on any atom is 0.209 e. The largest absolute Gasteiger partial charge is 0.489 e. The van der Waals surface area contributed by atoms with Crippen LogP contribution in [0, 0.1) is 0 Å². The van der Waals surface area contributed by atoms with Gasteiger partial charge in [0.25, 0.3) is 0 Å². The molecule has 0 fully saturated rings. The van der Waals surface area contributed by atoms with E-state index < -0.39 is 10.0 Å². The van der Waals surface area contributed by atoms with E-state index in [-0.39, 0.29) is 11.9 Å². The van der Waals surface area contributed by atoms with Gasteiger partial charge in [-0.3, -0.25) is 0 Å². The van der Waals surface area contributed by atoms with Crippen molar-refractivity contribution in [2.45, 2.75) is 26.4 Å². The number of rotatable bonds is 7. The van der Waals surface area contributed by atoms with Crippen molar-refractivity contribution >= 4 is 21.4 Å². The van der Waals surface area contributed by atoms with Crippen LogP contribution in [0.4, 0.5) is 11.4 Å². The van der Waals surface area contributed by atoms with E-state index in [2.05, 4.69) is 5.32 Å². The second-order valence-corrected chi connectivity index (χ2v) is 6.27. The summed E-state index contributed by atoms with van der Waals surface area (Å²) < 4.78 is 27.1. The molecule has 19 heavy (non-hydrogen) atoms. The molecule has 0 amide bonds. The molecule has 0 saturated carbocycles. The van der Waals surface area contributed by atoms with E-state index in [0.717, 1.165) is 5.69 Å². The lowest BCUT2D eigenvalue weighted by molar-refractivity contribution is 0.244. The summed E-state index contributed by atoms with van der Waals surface area (Å²) in [6.45, 7) is 4.32. The number of nitrogens with two attached hydrogens (primary N) is 2. The zero-order valence-electron chi connectivity index (χ0n) is 11.2. The summed E-state index contributed by atoms with van der Waals surface area (Å²) in [5.41, 5.74) is 7.22. The second kappa shape index (κ2) is 6.63. The fourth-order valence-electron chi connectivity index (χ4n) is 1.55. The molecule has 0 unspecified atom stereocenters. The van der Waals surface area contributed by atoms with Crippen molar-refractivity contribution in [3.05, 3.63) is 18.2 Å². The molecule has 0 spiro atoms. The first kappa shape index (κ1) is 15.6. The maximum atomic E-state index is 10.8. The molecule has 0 aliphatic heterocycles. The zero-order chi connectivity index (χ0) is 14.5. The van der Waals surface area contributed by atoms with E-state index >= 15 is 0 Å². The quantitative estimate of drug-likeness (QED) is 0.515. The lowest BCUT2D eigenvalue weighted by atomic mass is 10.2. The summed E-state index contributed by atoms with van der Waals surface area (Å²) in [4.78, 5) is 0. The van der Waals surface area contributed by atoms with Crippen LogP contribution >= 0.6 is 0 Å². The molecule has 6 nitrogen and oxygen atoms in total. The Labute approximate surface area is 114 Å². The first-order valence-electron chi connectivity index (χ1n) is 6.09. The van der Waals surface area contributed by atoms with Gasteiger partial charge in [-0.15, -0.1) is 0 Å². The van der Waals surface area contributed by atoms with Gasteiger partial charge in [0.2, 0.25) is 10.0 Å². The Bertz CT molecular complexity index is 515. The Hall–Kier alpha value is -1.47. The number of nitrogens with one attached hydrogen (secondary N) is 1. The lowest BCUT2D eigenvalue weighted by Crippen LogP contribution is -2.19. The van der Waals surface area contributed by atoms with Crippen LogP contribution in [0.5, 0.6) is 5.75 Å². The number of benzene rings is 1. The molecule has 0 bridgehead atoms. The molecule has 0 aliphatic carbocycles. The van der Waals surface area contributed by atoms with Crippen molar-refractivity contribution in [2.24, 2.45) is 5.14 Å². The highest BCUT2D eigenvalue weighted by Gasteiger charge is 2.07. The average Bonchev–Trinajstić information content (AvgIpc) is 2.27. The summed E-state index contributed by atoms with van der Waals surface area (Å²) in [5, 5.41) is 8.00. The molecule has 1 aromatic rings. The van der Waals surface area contributed by atoms with Gasteiger partial charge in [-0.25, -0.2) is 13.6 Å². The van der Waals surface area contributed by atoms with Crippen LogP contribution in [0.15, 0.2) is 18.2 Å². The van der Waals surface area contributed by atoms with Crippen LogP contribution in [0.2, 0.25) is 0 Å². The average molecular weight is 287 g/mol. The Morgan fingerprint density at radius 1 is 1.37 bits per heavy atom. The monoisotopic (exact) mass is 287 g/mol. The molecule has 1 rings (SSSR count). The third kappa shape index (κ3) is 5.80. The molecule has 7 heteroatoms. The fourth-order valence-corrected chi connectivity index (χ4v) is 2.10. The fraction of sp³-hybridized carbons (Fsp3) is 0.500. The first-order chi connectivity index (χ1) is 8.79. The van der Waals surface area contributed by atoms with Crippen molar-refractivity contribution in [3.63, 3.8) is 0 Å². The molecule has 5 N–H and O–H groups in total. The van der Waals surface area contributed by atoms with Crippen LogP contribution in [0.3, 0.4) is 0 Å². The molecule has 0 radical (unpaired) electrons. The Balaban J connectivity index is 2.59. The number of ether oxygens (including phenoxy) is 1. The molecule has 0 aliphatic rings. The summed E-state index contributed by atoms with van der Waals surface area (Å²) in [6.07, 6.45) is 0.466. The summed E-state index contributed by atoms with van der Waals surface area (Å²) >= 11 is 0. The number of sulfonamides is 1. The van der Waals surface area contributed by atoms with Gasteiger partial charge in [-0.2, -0.15) is 0 Å². The van der Waals surface area contributed by atoms with Crippen LogP contribution in [0.25, 0.3) is 0 Å². The minimum Gasteiger partial charge on any atom is -0.489 e.